The molecule has 3 rings (SSSR count). The monoisotopic (exact) mass is 418 g/mol. The zero-order chi connectivity index (χ0) is 18.6. The maximum absolute atomic E-state index is 12.8. The van der Waals surface area contributed by atoms with Gasteiger partial charge in [0.25, 0.3) is 10.2 Å². The first-order chi connectivity index (χ1) is 12.4. The van der Waals surface area contributed by atoms with E-state index in [0.29, 0.717) is 26.2 Å². The molecular weight excluding hydrogens is 392 g/mol. The van der Waals surface area contributed by atoms with Gasteiger partial charge in [-0.05, 0) is 31.3 Å². The molecule has 2 heterocycles. The molecule has 0 bridgehead atoms. The van der Waals surface area contributed by atoms with E-state index in [0.717, 1.165) is 43.5 Å². The van der Waals surface area contributed by atoms with E-state index < -0.39 is 10.2 Å². The molecule has 0 amide bonds. The van der Waals surface area contributed by atoms with Gasteiger partial charge < -0.3 is 4.90 Å². The topological polar surface area (TPSA) is 47.1 Å². The maximum atomic E-state index is 12.8. The highest BCUT2D eigenvalue weighted by Crippen LogP contribution is 2.21. The second-order valence-electron chi connectivity index (χ2n) is 6.75. The van der Waals surface area contributed by atoms with Crippen molar-refractivity contribution in [3.8, 4) is 0 Å². The van der Waals surface area contributed by atoms with Gasteiger partial charge >= 0.3 is 0 Å². The van der Waals surface area contributed by atoms with Gasteiger partial charge in [0.05, 0.1) is 0 Å². The third kappa shape index (κ3) is 5.34. The largest absolute Gasteiger partial charge is 0.304 e. The zero-order valence-electron chi connectivity index (χ0n) is 15.2. The molecule has 0 aromatic heterocycles. The van der Waals surface area contributed by atoms with E-state index >= 15 is 0 Å². The van der Waals surface area contributed by atoms with Crippen LogP contribution in [0.5, 0.6) is 0 Å². The number of benzene rings is 1. The quantitative estimate of drug-likeness (QED) is 0.656. The predicted octanol–water partition coefficient (Wildman–Crippen LogP) is 1.54. The van der Waals surface area contributed by atoms with Gasteiger partial charge in [-0.25, -0.2) is 0 Å². The average Bonchev–Trinajstić information content (AvgIpc) is 2.64. The van der Waals surface area contributed by atoms with Crippen LogP contribution in [0.3, 0.4) is 0 Å². The average molecular weight is 419 g/mol. The minimum Gasteiger partial charge on any atom is -0.304 e. The Kier molecular flexibility index (Phi) is 7.24. The normalized spacial score (nSPS) is 21.9. The van der Waals surface area contributed by atoms with Crippen molar-refractivity contribution < 1.29 is 8.42 Å². The Morgan fingerprint density at radius 1 is 0.923 bits per heavy atom. The molecule has 1 aromatic rings. The predicted molar refractivity (Wildman–Crippen MR) is 108 cm³/mol. The van der Waals surface area contributed by atoms with Gasteiger partial charge in [0.15, 0.2) is 0 Å². The van der Waals surface area contributed by atoms with Gasteiger partial charge in [-0.1, -0.05) is 11.6 Å². The van der Waals surface area contributed by atoms with Crippen molar-refractivity contribution in [1.29, 1.82) is 0 Å². The van der Waals surface area contributed by atoms with Crippen molar-refractivity contribution in [1.82, 2.24) is 18.4 Å². The highest BCUT2D eigenvalue weighted by molar-refractivity contribution is 7.99. The summed E-state index contributed by atoms with van der Waals surface area (Å²) in [4.78, 5) is 5.73. The highest BCUT2D eigenvalue weighted by Gasteiger charge is 2.33. The lowest BCUT2D eigenvalue weighted by Crippen LogP contribution is -2.56. The summed E-state index contributed by atoms with van der Waals surface area (Å²) in [6.07, 6.45) is 0. The van der Waals surface area contributed by atoms with E-state index in [1.54, 1.807) is 20.4 Å². The van der Waals surface area contributed by atoms with Crippen molar-refractivity contribution in [2.24, 2.45) is 0 Å². The molecule has 0 aliphatic carbocycles. The molecular formula is C17H27ClN4O2S2. The molecule has 6 nitrogen and oxygen atoms in total. The van der Waals surface area contributed by atoms with Crippen molar-refractivity contribution in [3.63, 3.8) is 0 Å². The van der Waals surface area contributed by atoms with Crippen molar-refractivity contribution in [2.75, 3.05) is 71.7 Å². The van der Waals surface area contributed by atoms with E-state index in [9.17, 15) is 8.42 Å². The zero-order valence-corrected chi connectivity index (χ0v) is 17.6. The molecule has 0 radical (unpaired) electrons. The summed E-state index contributed by atoms with van der Waals surface area (Å²) < 4.78 is 28.9. The second kappa shape index (κ2) is 9.23. The van der Waals surface area contributed by atoms with Crippen LogP contribution >= 0.6 is 23.4 Å². The Bertz CT molecular complexity index is 671. The minimum atomic E-state index is -3.30. The molecule has 2 aliphatic rings. The highest BCUT2D eigenvalue weighted by atomic mass is 35.5. The van der Waals surface area contributed by atoms with Crippen LogP contribution in [0.4, 0.5) is 0 Å². The molecule has 2 saturated heterocycles. The lowest BCUT2D eigenvalue weighted by molar-refractivity contribution is 0.175. The van der Waals surface area contributed by atoms with Gasteiger partial charge in [-0.15, -0.1) is 11.8 Å². The van der Waals surface area contributed by atoms with Crippen LogP contribution in [0.15, 0.2) is 29.2 Å². The van der Waals surface area contributed by atoms with E-state index in [4.69, 9.17) is 11.6 Å². The third-order valence-electron chi connectivity index (χ3n) is 4.94. The molecule has 9 heteroatoms. The van der Waals surface area contributed by atoms with Crippen molar-refractivity contribution in [3.05, 3.63) is 29.3 Å². The summed E-state index contributed by atoms with van der Waals surface area (Å²) in [7, 11) is -1.27. The molecule has 2 aliphatic heterocycles. The Labute approximate surface area is 166 Å². The summed E-state index contributed by atoms with van der Waals surface area (Å²) in [5.41, 5.74) is 0. The van der Waals surface area contributed by atoms with E-state index in [2.05, 4.69) is 9.80 Å². The Balaban J connectivity index is 1.41. The molecule has 26 heavy (non-hydrogen) atoms. The lowest BCUT2D eigenvalue weighted by atomic mass is 10.4. The van der Waals surface area contributed by atoms with Gasteiger partial charge in [-0.2, -0.15) is 17.0 Å². The summed E-state index contributed by atoms with van der Waals surface area (Å²) in [5, 5.41) is 0.757. The number of hydrogen-bond acceptors (Lipinski definition) is 5. The molecule has 1 aromatic carbocycles. The van der Waals surface area contributed by atoms with Crippen LogP contribution < -0.4 is 0 Å². The summed E-state index contributed by atoms with van der Waals surface area (Å²) in [6.45, 7) is 6.54. The SMILES string of the molecule is CN1CCN(S(=O)(=O)N2CCN(CCSc3ccc(Cl)cc3)CC2)CC1. The number of nitrogens with zero attached hydrogens (tertiary/aromatic N) is 4. The molecule has 0 unspecified atom stereocenters. The summed E-state index contributed by atoms with van der Waals surface area (Å²) in [6, 6.07) is 7.89. The number of likely N-dealkylation sites (N-methyl/N-ethyl adjacent to an activating group) is 1. The maximum Gasteiger partial charge on any atom is 0.282 e. The van der Waals surface area contributed by atoms with Crippen LogP contribution in [0.2, 0.25) is 5.02 Å². The number of rotatable bonds is 6. The molecule has 0 atom stereocenters. The van der Waals surface area contributed by atoms with Crippen molar-refractivity contribution >= 4 is 33.6 Å². The lowest BCUT2D eigenvalue weighted by Gasteiger charge is -2.39. The van der Waals surface area contributed by atoms with Gasteiger partial charge in [0.1, 0.15) is 0 Å². The van der Waals surface area contributed by atoms with Crippen molar-refractivity contribution in [2.45, 2.75) is 4.90 Å². The van der Waals surface area contributed by atoms with E-state index in [1.165, 1.54) is 4.90 Å². The Morgan fingerprint density at radius 2 is 1.46 bits per heavy atom. The fourth-order valence-electron chi connectivity index (χ4n) is 3.19. The van der Waals surface area contributed by atoms with Crippen LogP contribution in [0.1, 0.15) is 0 Å². The van der Waals surface area contributed by atoms with Crippen LogP contribution in [0, 0.1) is 0 Å². The minimum absolute atomic E-state index is 0.584. The first-order valence-electron chi connectivity index (χ1n) is 8.99. The fourth-order valence-corrected chi connectivity index (χ4v) is 5.81. The Hall–Kier alpha value is -0.350. The fraction of sp³-hybridized carbons (Fsp3) is 0.647. The van der Waals surface area contributed by atoms with E-state index in [1.807, 2.05) is 31.3 Å². The summed E-state index contributed by atoms with van der Waals surface area (Å²) >= 11 is 7.71. The van der Waals surface area contributed by atoms with Crippen LogP contribution in [0.25, 0.3) is 0 Å². The third-order valence-corrected chi connectivity index (χ3v) is 8.22. The first-order valence-corrected chi connectivity index (χ1v) is 11.8. The molecule has 0 spiro atoms. The van der Waals surface area contributed by atoms with Crippen LogP contribution in [-0.4, -0.2) is 98.5 Å². The second-order valence-corrected chi connectivity index (χ2v) is 10.3. The molecule has 0 saturated carbocycles. The number of piperazine rings is 2. The molecule has 0 N–H and O–H groups in total. The van der Waals surface area contributed by atoms with Gasteiger partial charge in [0, 0.05) is 74.6 Å². The number of thioether (sulfide) groups is 1. The van der Waals surface area contributed by atoms with Gasteiger partial charge in [-0.3, -0.25) is 4.90 Å². The standard InChI is InChI=1S/C17H27ClN4O2S2/c1-19-6-10-21(11-7-19)26(23,24)22-12-8-20(9-13-22)14-15-25-17-4-2-16(18)3-5-17/h2-5H,6-15H2,1H3. The van der Waals surface area contributed by atoms with E-state index in [-0.39, 0.29) is 0 Å². The molecule has 2 fully saturated rings. The summed E-state index contributed by atoms with van der Waals surface area (Å²) in [5.74, 6) is 0.993. The first kappa shape index (κ1) is 20.4. The molecule has 146 valence electrons. The number of hydrogen-bond donors (Lipinski definition) is 0. The van der Waals surface area contributed by atoms with Gasteiger partial charge in [0.2, 0.25) is 0 Å². The Morgan fingerprint density at radius 3 is 2.04 bits per heavy atom. The smallest absolute Gasteiger partial charge is 0.282 e. The van der Waals surface area contributed by atoms with Crippen LogP contribution in [-0.2, 0) is 10.2 Å². The number of halogens is 1.